The van der Waals surface area contributed by atoms with Crippen LogP contribution in [0.15, 0.2) is 12.3 Å². The van der Waals surface area contributed by atoms with Gasteiger partial charge in [0.15, 0.2) is 11.6 Å². The Morgan fingerprint density at radius 1 is 1.40 bits per heavy atom. The summed E-state index contributed by atoms with van der Waals surface area (Å²) < 4.78 is 16.0. The van der Waals surface area contributed by atoms with Crippen LogP contribution < -0.4 is 5.32 Å². The quantitative estimate of drug-likeness (QED) is 0.862. The van der Waals surface area contributed by atoms with Crippen molar-refractivity contribution >= 4 is 11.6 Å². The van der Waals surface area contributed by atoms with Gasteiger partial charge in [0.05, 0.1) is 16.4 Å². The largest absolute Gasteiger partial charge is 0.313 e. The molecule has 0 amide bonds. The molecule has 0 radical (unpaired) electrons. The second kappa shape index (κ2) is 6.33. The molecule has 0 spiro atoms. The molecular formula is C14H18ClFN4. The first-order valence-electron chi connectivity index (χ1n) is 6.62. The van der Waals surface area contributed by atoms with Crippen LogP contribution in [0.4, 0.5) is 4.39 Å². The number of rotatable bonds is 5. The predicted molar refractivity (Wildman–Crippen MR) is 77.8 cm³/mol. The smallest absolute Gasteiger partial charge is 0.190 e. The molecule has 0 fully saturated rings. The Hall–Kier alpha value is -1.46. The van der Waals surface area contributed by atoms with E-state index in [0.29, 0.717) is 28.5 Å². The van der Waals surface area contributed by atoms with Gasteiger partial charge in [-0.1, -0.05) is 18.5 Å². The first-order chi connectivity index (χ1) is 9.56. The third-order valence-electron chi connectivity index (χ3n) is 3.10. The molecule has 0 saturated heterocycles. The van der Waals surface area contributed by atoms with Gasteiger partial charge in [-0.15, -0.1) is 0 Å². The molecule has 0 aliphatic rings. The zero-order chi connectivity index (χ0) is 14.7. The van der Waals surface area contributed by atoms with E-state index in [0.717, 1.165) is 13.0 Å². The van der Waals surface area contributed by atoms with Crippen molar-refractivity contribution in [3.05, 3.63) is 40.1 Å². The van der Waals surface area contributed by atoms with Crippen LogP contribution in [0.3, 0.4) is 0 Å². The van der Waals surface area contributed by atoms with Crippen LogP contribution in [0.5, 0.6) is 0 Å². The topological polar surface area (TPSA) is 42.7 Å². The fourth-order valence-corrected chi connectivity index (χ4v) is 2.10. The van der Waals surface area contributed by atoms with Crippen molar-refractivity contribution in [2.24, 2.45) is 0 Å². The van der Waals surface area contributed by atoms with Crippen LogP contribution in [0, 0.1) is 19.7 Å². The average molecular weight is 297 g/mol. The normalized spacial score (nSPS) is 11.1. The SMILES string of the molecule is CCCNCc1ccnc(-n2nc(C)c(Cl)c2C)c1F. The molecule has 2 aromatic heterocycles. The van der Waals surface area contributed by atoms with Crippen molar-refractivity contribution in [2.45, 2.75) is 33.7 Å². The molecule has 2 heterocycles. The number of halogens is 2. The summed E-state index contributed by atoms with van der Waals surface area (Å²) >= 11 is 6.10. The zero-order valence-corrected chi connectivity index (χ0v) is 12.6. The van der Waals surface area contributed by atoms with Gasteiger partial charge in [0.2, 0.25) is 0 Å². The van der Waals surface area contributed by atoms with Gasteiger partial charge in [-0.25, -0.2) is 14.1 Å². The first-order valence-corrected chi connectivity index (χ1v) is 7.00. The van der Waals surface area contributed by atoms with Gasteiger partial charge in [-0.05, 0) is 32.9 Å². The van der Waals surface area contributed by atoms with E-state index < -0.39 is 0 Å². The highest BCUT2D eigenvalue weighted by atomic mass is 35.5. The number of aromatic nitrogens is 3. The Labute approximate surface area is 123 Å². The summed E-state index contributed by atoms with van der Waals surface area (Å²) in [7, 11) is 0. The van der Waals surface area contributed by atoms with Crippen molar-refractivity contribution in [1.82, 2.24) is 20.1 Å². The lowest BCUT2D eigenvalue weighted by Gasteiger charge is -2.09. The van der Waals surface area contributed by atoms with E-state index in [1.54, 1.807) is 26.1 Å². The van der Waals surface area contributed by atoms with E-state index in [2.05, 4.69) is 22.3 Å². The van der Waals surface area contributed by atoms with Gasteiger partial charge in [0.25, 0.3) is 0 Å². The third-order valence-corrected chi connectivity index (χ3v) is 3.64. The van der Waals surface area contributed by atoms with Gasteiger partial charge in [-0.3, -0.25) is 0 Å². The lowest BCUT2D eigenvalue weighted by atomic mass is 10.2. The maximum absolute atomic E-state index is 14.5. The Bertz CT molecular complexity index is 609. The van der Waals surface area contributed by atoms with E-state index in [1.807, 2.05) is 0 Å². The molecule has 6 heteroatoms. The Kier molecular flexibility index (Phi) is 4.73. The number of nitrogens with one attached hydrogen (secondary N) is 1. The van der Waals surface area contributed by atoms with Crippen LogP contribution in [-0.4, -0.2) is 21.3 Å². The summed E-state index contributed by atoms with van der Waals surface area (Å²) in [6.07, 6.45) is 2.60. The molecule has 108 valence electrons. The fraction of sp³-hybridized carbons (Fsp3) is 0.429. The zero-order valence-electron chi connectivity index (χ0n) is 11.9. The maximum atomic E-state index is 14.5. The molecule has 0 unspecified atom stereocenters. The van der Waals surface area contributed by atoms with Gasteiger partial charge >= 0.3 is 0 Å². The second-order valence-electron chi connectivity index (χ2n) is 4.68. The van der Waals surface area contributed by atoms with Gasteiger partial charge < -0.3 is 5.32 Å². The van der Waals surface area contributed by atoms with Gasteiger partial charge in [-0.2, -0.15) is 5.10 Å². The molecular weight excluding hydrogens is 279 g/mol. The minimum absolute atomic E-state index is 0.188. The van der Waals surface area contributed by atoms with E-state index in [4.69, 9.17) is 11.6 Å². The predicted octanol–water partition coefficient (Wildman–Crippen LogP) is 3.18. The molecule has 4 nitrogen and oxygen atoms in total. The minimum Gasteiger partial charge on any atom is -0.313 e. The summed E-state index contributed by atoms with van der Waals surface area (Å²) in [6.45, 7) is 6.98. The van der Waals surface area contributed by atoms with Gasteiger partial charge in [0.1, 0.15) is 0 Å². The molecule has 0 atom stereocenters. The molecule has 0 aliphatic heterocycles. The highest BCUT2D eigenvalue weighted by Gasteiger charge is 2.17. The van der Waals surface area contributed by atoms with Crippen LogP contribution in [0.1, 0.15) is 30.3 Å². The highest BCUT2D eigenvalue weighted by Crippen LogP contribution is 2.23. The van der Waals surface area contributed by atoms with Crippen LogP contribution >= 0.6 is 11.6 Å². The van der Waals surface area contributed by atoms with Crippen LogP contribution in [0.2, 0.25) is 5.02 Å². The van der Waals surface area contributed by atoms with Crippen molar-refractivity contribution in [3.63, 3.8) is 0 Å². The van der Waals surface area contributed by atoms with Crippen LogP contribution in [-0.2, 0) is 6.54 Å². The second-order valence-corrected chi connectivity index (χ2v) is 5.06. The summed E-state index contributed by atoms with van der Waals surface area (Å²) in [5, 5.41) is 7.96. The highest BCUT2D eigenvalue weighted by molar-refractivity contribution is 6.31. The van der Waals surface area contributed by atoms with E-state index >= 15 is 0 Å². The minimum atomic E-state index is -0.363. The fourth-order valence-electron chi connectivity index (χ4n) is 1.99. The number of hydrogen-bond donors (Lipinski definition) is 1. The maximum Gasteiger partial charge on any atom is 0.190 e. The Morgan fingerprint density at radius 3 is 2.75 bits per heavy atom. The van der Waals surface area contributed by atoms with Crippen LogP contribution in [0.25, 0.3) is 5.82 Å². The molecule has 2 aromatic rings. The Morgan fingerprint density at radius 2 is 2.15 bits per heavy atom. The Balaban J connectivity index is 2.37. The molecule has 0 saturated carbocycles. The summed E-state index contributed by atoms with van der Waals surface area (Å²) in [5.74, 6) is -0.174. The summed E-state index contributed by atoms with van der Waals surface area (Å²) in [4.78, 5) is 4.09. The van der Waals surface area contributed by atoms with E-state index in [1.165, 1.54) is 4.68 Å². The van der Waals surface area contributed by atoms with E-state index in [9.17, 15) is 4.39 Å². The lowest BCUT2D eigenvalue weighted by molar-refractivity contribution is 0.564. The molecule has 1 N–H and O–H groups in total. The van der Waals surface area contributed by atoms with Gasteiger partial charge in [0, 0.05) is 18.3 Å². The number of aryl methyl sites for hydroxylation is 1. The molecule has 0 aliphatic carbocycles. The molecule has 0 bridgehead atoms. The van der Waals surface area contributed by atoms with Crippen molar-refractivity contribution in [2.75, 3.05) is 6.54 Å². The third kappa shape index (κ3) is 2.83. The molecule has 2 rings (SSSR count). The number of nitrogens with zero attached hydrogens (tertiary/aromatic N) is 3. The van der Waals surface area contributed by atoms with Crippen molar-refractivity contribution in [3.8, 4) is 5.82 Å². The first kappa shape index (κ1) is 14.9. The lowest BCUT2D eigenvalue weighted by Crippen LogP contribution is -2.16. The van der Waals surface area contributed by atoms with Crippen molar-refractivity contribution < 1.29 is 4.39 Å². The molecule has 0 aromatic carbocycles. The summed E-state index contributed by atoms with van der Waals surface area (Å²) in [5.41, 5.74) is 1.93. The molecule has 20 heavy (non-hydrogen) atoms. The average Bonchev–Trinajstić information content (AvgIpc) is 2.69. The monoisotopic (exact) mass is 296 g/mol. The number of pyridine rings is 1. The summed E-state index contributed by atoms with van der Waals surface area (Å²) in [6, 6.07) is 1.68. The number of hydrogen-bond acceptors (Lipinski definition) is 3. The van der Waals surface area contributed by atoms with Crippen molar-refractivity contribution in [1.29, 1.82) is 0 Å². The standard InChI is InChI=1S/C14H18ClFN4/c1-4-6-17-8-11-5-7-18-14(13(11)16)20-10(3)12(15)9(2)19-20/h5,7,17H,4,6,8H2,1-3H3. The van der Waals surface area contributed by atoms with E-state index in [-0.39, 0.29) is 11.6 Å².